The summed E-state index contributed by atoms with van der Waals surface area (Å²) in [6, 6.07) is 7.13. The first-order chi connectivity index (χ1) is 7.99. The average Bonchev–Trinajstić information content (AvgIpc) is 2.24. The molecule has 0 aliphatic heterocycles. The zero-order chi connectivity index (χ0) is 12.6. The van der Waals surface area contributed by atoms with Crippen LogP contribution in [-0.2, 0) is 0 Å². The largest absolute Gasteiger partial charge is 0.358 e. The van der Waals surface area contributed by atoms with Crippen molar-refractivity contribution in [2.75, 3.05) is 0 Å². The maximum atomic E-state index is 11.5. The van der Waals surface area contributed by atoms with Crippen LogP contribution < -0.4 is 5.43 Å². The molecule has 2 aromatic rings. The number of rotatable bonds is 1. The fraction of sp³-hybridized carbons (Fsp3) is 0.214. The highest BCUT2D eigenvalue weighted by molar-refractivity contribution is 6.32. The molecule has 2 nitrogen and oxygen atoms in total. The van der Waals surface area contributed by atoms with Gasteiger partial charge in [-0.25, -0.2) is 0 Å². The minimum Gasteiger partial charge on any atom is -0.358 e. The van der Waals surface area contributed by atoms with Crippen molar-refractivity contribution in [3.8, 4) is 11.3 Å². The predicted octanol–water partition coefficient (Wildman–Crippen LogP) is 3.62. The molecule has 1 aromatic heterocycles. The number of aryl methyl sites for hydroxylation is 2. The number of aromatic nitrogens is 1. The molecule has 0 bridgehead atoms. The van der Waals surface area contributed by atoms with Gasteiger partial charge in [0.15, 0.2) is 5.43 Å². The summed E-state index contributed by atoms with van der Waals surface area (Å²) >= 11 is 6.22. The SMILES string of the molecule is Cc1cc(=O)cc(-c2ccc(C)c(Cl)c2C)[nH]1. The Labute approximate surface area is 105 Å². The second kappa shape index (κ2) is 4.38. The predicted molar refractivity (Wildman–Crippen MR) is 71.7 cm³/mol. The number of hydrogen-bond donors (Lipinski definition) is 1. The number of nitrogens with one attached hydrogen (secondary N) is 1. The molecule has 0 fully saturated rings. The zero-order valence-corrected chi connectivity index (χ0v) is 10.9. The quantitative estimate of drug-likeness (QED) is 0.820. The molecule has 0 saturated heterocycles. The smallest absolute Gasteiger partial charge is 0.182 e. The average molecular weight is 248 g/mol. The number of H-pyrrole nitrogens is 1. The van der Waals surface area contributed by atoms with Crippen LogP contribution in [0.25, 0.3) is 11.3 Å². The lowest BCUT2D eigenvalue weighted by molar-refractivity contribution is 1.18. The van der Waals surface area contributed by atoms with E-state index in [1.165, 1.54) is 0 Å². The molecule has 1 N–H and O–H groups in total. The molecule has 0 atom stereocenters. The number of benzene rings is 1. The molecule has 0 radical (unpaired) electrons. The molecule has 0 aliphatic carbocycles. The maximum Gasteiger partial charge on any atom is 0.182 e. The van der Waals surface area contributed by atoms with Crippen LogP contribution in [0.5, 0.6) is 0 Å². The number of halogens is 1. The van der Waals surface area contributed by atoms with E-state index in [2.05, 4.69) is 4.98 Å². The molecule has 0 aliphatic rings. The standard InChI is InChI=1S/C14H14ClNO/c1-8-4-5-12(10(3)14(8)15)13-7-11(17)6-9(2)16-13/h4-7H,1-3H3,(H,16,17). The molecule has 2 rings (SSSR count). The van der Waals surface area contributed by atoms with Gasteiger partial charge < -0.3 is 4.98 Å². The summed E-state index contributed by atoms with van der Waals surface area (Å²) in [5, 5.41) is 0.754. The topological polar surface area (TPSA) is 32.9 Å². The fourth-order valence-electron chi connectivity index (χ4n) is 1.94. The van der Waals surface area contributed by atoms with Gasteiger partial charge in [0.2, 0.25) is 0 Å². The van der Waals surface area contributed by atoms with Gasteiger partial charge in [-0.05, 0) is 31.9 Å². The fourth-order valence-corrected chi connectivity index (χ4v) is 2.10. The monoisotopic (exact) mass is 247 g/mol. The van der Waals surface area contributed by atoms with E-state index >= 15 is 0 Å². The molecule has 88 valence electrons. The van der Waals surface area contributed by atoms with Gasteiger partial charge in [0.25, 0.3) is 0 Å². The Hall–Kier alpha value is -1.54. The first-order valence-corrected chi connectivity index (χ1v) is 5.84. The number of pyridine rings is 1. The normalized spacial score (nSPS) is 10.6. The van der Waals surface area contributed by atoms with Crippen molar-refractivity contribution in [1.29, 1.82) is 0 Å². The number of hydrogen-bond acceptors (Lipinski definition) is 1. The minimum atomic E-state index is 0.00680. The van der Waals surface area contributed by atoms with Crippen LogP contribution in [0, 0.1) is 20.8 Å². The van der Waals surface area contributed by atoms with Gasteiger partial charge in [0, 0.05) is 34.1 Å². The van der Waals surface area contributed by atoms with Crippen molar-refractivity contribution in [3.05, 3.63) is 56.3 Å². The van der Waals surface area contributed by atoms with Gasteiger partial charge in [-0.1, -0.05) is 23.7 Å². The van der Waals surface area contributed by atoms with E-state index in [1.54, 1.807) is 12.1 Å². The Morgan fingerprint density at radius 3 is 2.47 bits per heavy atom. The van der Waals surface area contributed by atoms with Crippen LogP contribution >= 0.6 is 11.6 Å². The summed E-state index contributed by atoms with van der Waals surface area (Å²) < 4.78 is 0. The summed E-state index contributed by atoms with van der Waals surface area (Å²) in [6.45, 7) is 5.81. The summed E-state index contributed by atoms with van der Waals surface area (Å²) in [4.78, 5) is 14.7. The Balaban J connectivity index is 2.69. The van der Waals surface area contributed by atoms with E-state index in [0.717, 1.165) is 33.1 Å². The third kappa shape index (κ3) is 2.27. The maximum absolute atomic E-state index is 11.5. The highest BCUT2D eigenvalue weighted by Crippen LogP contribution is 2.29. The Morgan fingerprint density at radius 1 is 1.12 bits per heavy atom. The molecule has 3 heteroatoms. The minimum absolute atomic E-state index is 0.00680. The van der Waals surface area contributed by atoms with E-state index in [0.29, 0.717) is 0 Å². The summed E-state index contributed by atoms with van der Waals surface area (Å²) in [6.07, 6.45) is 0. The van der Waals surface area contributed by atoms with Crippen molar-refractivity contribution in [2.45, 2.75) is 20.8 Å². The van der Waals surface area contributed by atoms with Crippen LogP contribution in [0.15, 0.2) is 29.1 Å². The first-order valence-electron chi connectivity index (χ1n) is 5.46. The molecular formula is C14H14ClNO. The van der Waals surface area contributed by atoms with Crippen molar-refractivity contribution >= 4 is 11.6 Å². The van der Waals surface area contributed by atoms with Crippen molar-refractivity contribution in [2.24, 2.45) is 0 Å². The Morgan fingerprint density at radius 2 is 1.82 bits per heavy atom. The van der Waals surface area contributed by atoms with Crippen LogP contribution in [0.1, 0.15) is 16.8 Å². The van der Waals surface area contributed by atoms with E-state index in [1.807, 2.05) is 32.9 Å². The van der Waals surface area contributed by atoms with Gasteiger partial charge in [-0.15, -0.1) is 0 Å². The van der Waals surface area contributed by atoms with Crippen LogP contribution in [0.4, 0.5) is 0 Å². The van der Waals surface area contributed by atoms with Gasteiger partial charge in [0.1, 0.15) is 0 Å². The van der Waals surface area contributed by atoms with Crippen LogP contribution in [0.2, 0.25) is 5.02 Å². The molecule has 0 spiro atoms. The lowest BCUT2D eigenvalue weighted by atomic mass is 10.0. The lowest BCUT2D eigenvalue weighted by Gasteiger charge is -2.10. The van der Waals surface area contributed by atoms with Crippen LogP contribution in [-0.4, -0.2) is 4.98 Å². The third-order valence-corrected chi connectivity index (χ3v) is 3.43. The van der Waals surface area contributed by atoms with Crippen LogP contribution in [0.3, 0.4) is 0 Å². The van der Waals surface area contributed by atoms with E-state index in [9.17, 15) is 4.79 Å². The third-order valence-electron chi connectivity index (χ3n) is 2.85. The molecule has 0 unspecified atom stereocenters. The molecule has 1 heterocycles. The Kier molecular flexibility index (Phi) is 3.07. The molecule has 17 heavy (non-hydrogen) atoms. The lowest BCUT2D eigenvalue weighted by Crippen LogP contribution is -2.02. The molecule has 1 aromatic carbocycles. The van der Waals surface area contributed by atoms with Crippen molar-refractivity contribution in [1.82, 2.24) is 4.98 Å². The highest BCUT2D eigenvalue weighted by Gasteiger charge is 2.08. The summed E-state index contributed by atoms with van der Waals surface area (Å²) in [5.74, 6) is 0. The second-order valence-electron chi connectivity index (χ2n) is 4.28. The molecule has 0 amide bonds. The molecular weight excluding hydrogens is 234 g/mol. The van der Waals surface area contributed by atoms with Crippen molar-refractivity contribution < 1.29 is 0 Å². The van der Waals surface area contributed by atoms with E-state index in [4.69, 9.17) is 11.6 Å². The summed E-state index contributed by atoms with van der Waals surface area (Å²) in [5.41, 5.74) is 4.68. The van der Waals surface area contributed by atoms with Gasteiger partial charge in [-0.3, -0.25) is 4.79 Å². The zero-order valence-electron chi connectivity index (χ0n) is 10.1. The molecule has 0 saturated carbocycles. The first kappa shape index (κ1) is 11.9. The van der Waals surface area contributed by atoms with Gasteiger partial charge in [-0.2, -0.15) is 0 Å². The second-order valence-corrected chi connectivity index (χ2v) is 4.66. The van der Waals surface area contributed by atoms with E-state index in [-0.39, 0.29) is 5.43 Å². The summed E-state index contributed by atoms with van der Waals surface area (Å²) in [7, 11) is 0. The Bertz CT molecular complexity index is 629. The van der Waals surface area contributed by atoms with Gasteiger partial charge >= 0.3 is 0 Å². The van der Waals surface area contributed by atoms with Crippen molar-refractivity contribution in [3.63, 3.8) is 0 Å². The van der Waals surface area contributed by atoms with E-state index < -0.39 is 0 Å². The highest BCUT2D eigenvalue weighted by atomic mass is 35.5. The van der Waals surface area contributed by atoms with Gasteiger partial charge in [0.05, 0.1) is 0 Å². The number of aromatic amines is 1.